The van der Waals surface area contributed by atoms with Crippen LogP contribution in [0.1, 0.15) is 25.7 Å². The molecular formula is C16H30N3O6S+. The molecule has 0 saturated heterocycles. The summed E-state index contributed by atoms with van der Waals surface area (Å²) < 4.78 is 5.73. The molecule has 0 aliphatic rings. The third kappa shape index (κ3) is 11.8. The van der Waals surface area contributed by atoms with Gasteiger partial charge in [-0.25, -0.2) is 0 Å². The van der Waals surface area contributed by atoms with E-state index in [1.807, 2.05) is 21.1 Å². The van der Waals surface area contributed by atoms with E-state index in [4.69, 9.17) is 15.6 Å². The Morgan fingerprint density at radius 2 is 1.77 bits per heavy atom. The van der Waals surface area contributed by atoms with Crippen LogP contribution >= 0.6 is 12.6 Å². The second-order valence-corrected chi connectivity index (χ2v) is 7.35. The van der Waals surface area contributed by atoms with Crippen molar-refractivity contribution < 1.29 is 33.5 Å². The average molecular weight is 392 g/mol. The van der Waals surface area contributed by atoms with Crippen LogP contribution in [-0.2, 0) is 23.9 Å². The van der Waals surface area contributed by atoms with Gasteiger partial charge in [-0.15, -0.1) is 0 Å². The number of nitrogens with two attached hydrogens (primary N) is 1. The number of carboxylic acids is 1. The van der Waals surface area contributed by atoms with E-state index in [1.165, 1.54) is 0 Å². The first kappa shape index (κ1) is 24.4. The van der Waals surface area contributed by atoms with Crippen LogP contribution in [0.2, 0.25) is 0 Å². The van der Waals surface area contributed by atoms with Crippen LogP contribution in [0.25, 0.3) is 0 Å². The van der Waals surface area contributed by atoms with E-state index in [0.29, 0.717) is 11.0 Å². The quantitative estimate of drug-likeness (QED) is 0.183. The summed E-state index contributed by atoms with van der Waals surface area (Å²) in [6.07, 6.45) is -0.283. The monoisotopic (exact) mass is 392 g/mol. The number of quaternary nitrogens is 1. The number of hydrogen-bond donors (Lipinski definition) is 4. The fraction of sp³-hybridized carbons (Fsp3) is 0.750. The van der Waals surface area contributed by atoms with Gasteiger partial charge in [0.25, 0.3) is 0 Å². The lowest BCUT2D eigenvalue weighted by atomic mass is 10.1. The Kier molecular flexibility index (Phi) is 11.1. The van der Waals surface area contributed by atoms with E-state index >= 15 is 0 Å². The zero-order valence-corrected chi connectivity index (χ0v) is 16.5. The Labute approximate surface area is 159 Å². The van der Waals surface area contributed by atoms with Crippen molar-refractivity contribution in [1.82, 2.24) is 5.32 Å². The van der Waals surface area contributed by atoms with Gasteiger partial charge >= 0.3 is 11.9 Å². The molecule has 0 aromatic rings. The lowest BCUT2D eigenvalue weighted by molar-refractivity contribution is -0.870. The molecule has 0 aliphatic carbocycles. The van der Waals surface area contributed by atoms with Gasteiger partial charge < -0.3 is 25.4 Å². The zero-order valence-electron chi connectivity index (χ0n) is 15.6. The van der Waals surface area contributed by atoms with Crippen molar-refractivity contribution in [2.75, 3.05) is 40.0 Å². The number of hydrogen-bond acceptors (Lipinski definition) is 7. The number of rotatable bonds is 13. The fourth-order valence-corrected chi connectivity index (χ4v) is 2.10. The van der Waals surface area contributed by atoms with Gasteiger partial charge in [0.05, 0.1) is 33.6 Å². The third-order valence-corrected chi connectivity index (χ3v) is 3.87. The molecule has 0 bridgehead atoms. The largest absolute Gasteiger partial charge is 0.480 e. The van der Waals surface area contributed by atoms with E-state index in [9.17, 15) is 19.2 Å². The second kappa shape index (κ2) is 11.9. The number of carbonyl (C=O) groups excluding carboxylic acids is 3. The van der Waals surface area contributed by atoms with E-state index in [-0.39, 0.29) is 43.8 Å². The molecule has 0 rings (SSSR count). The number of likely N-dealkylation sites (N-methyl/N-ethyl adjacent to an activating group) is 1. The summed E-state index contributed by atoms with van der Waals surface area (Å²) in [7, 11) is 5.92. The lowest BCUT2D eigenvalue weighted by Gasteiger charge is -2.23. The number of carboxylic acid groups (broad SMARTS) is 1. The number of ether oxygens (including phenoxy) is 1. The van der Waals surface area contributed by atoms with Crippen LogP contribution in [0.15, 0.2) is 0 Å². The Balaban J connectivity index is 4.21. The molecule has 0 heterocycles. The molecule has 10 heteroatoms. The van der Waals surface area contributed by atoms with Gasteiger partial charge in [-0.3, -0.25) is 19.2 Å². The lowest BCUT2D eigenvalue weighted by Crippen LogP contribution is -2.43. The molecule has 0 radical (unpaired) electrons. The SMILES string of the molecule is C[N+](C)(C)CCOC(=O)CCC(=O)C(CS)NC(=O)CCC(N)C(=O)O. The van der Waals surface area contributed by atoms with Gasteiger partial charge in [0, 0.05) is 18.6 Å². The zero-order chi connectivity index (χ0) is 20.3. The summed E-state index contributed by atoms with van der Waals surface area (Å²) in [6, 6.07) is -1.97. The van der Waals surface area contributed by atoms with Gasteiger partial charge in [0.2, 0.25) is 5.91 Å². The average Bonchev–Trinajstić information content (AvgIpc) is 2.53. The molecule has 0 aromatic carbocycles. The highest BCUT2D eigenvalue weighted by Crippen LogP contribution is 2.03. The number of Topliss-reactive ketones (excluding diaryl/α,β-unsaturated/α-hetero) is 1. The van der Waals surface area contributed by atoms with Gasteiger partial charge in [-0.2, -0.15) is 12.6 Å². The smallest absolute Gasteiger partial charge is 0.320 e. The molecule has 150 valence electrons. The van der Waals surface area contributed by atoms with E-state index in [0.717, 1.165) is 0 Å². The second-order valence-electron chi connectivity index (χ2n) is 6.99. The predicted molar refractivity (Wildman–Crippen MR) is 98.7 cm³/mol. The van der Waals surface area contributed by atoms with Crippen LogP contribution in [0.4, 0.5) is 0 Å². The first-order valence-corrected chi connectivity index (χ1v) is 8.97. The molecule has 0 saturated carbocycles. The number of nitrogens with one attached hydrogen (secondary N) is 1. The van der Waals surface area contributed by atoms with Crippen LogP contribution in [0.5, 0.6) is 0 Å². The number of carbonyl (C=O) groups is 4. The number of esters is 1. The van der Waals surface area contributed by atoms with Crippen molar-refractivity contribution in [2.24, 2.45) is 5.73 Å². The molecule has 0 aromatic heterocycles. The van der Waals surface area contributed by atoms with Crippen molar-refractivity contribution in [1.29, 1.82) is 0 Å². The molecule has 0 spiro atoms. The van der Waals surface area contributed by atoms with E-state index < -0.39 is 29.9 Å². The maximum Gasteiger partial charge on any atom is 0.320 e. The Hall–Kier alpha value is -1.65. The third-order valence-electron chi connectivity index (χ3n) is 3.51. The highest BCUT2D eigenvalue weighted by atomic mass is 32.1. The van der Waals surface area contributed by atoms with Crippen LogP contribution < -0.4 is 11.1 Å². The molecule has 1 amide bonds. The van der Waals surface area contributed by atoms with Crippen LogP contribution in [0, 0.1) is 0 Å². The van der Waals surface area contributed by atoms with E-state index in [2.05, 4.69) is 17.9 Å². The molecular weight excluding hydrogens is 362 g/mol. The molecule has 2 unspecified atom stereocenters. The maximum absolute atomic E-state index is 12.1. The minimum Gasteiger partial charge on any atom is -0.480 e. The summed E-state index contributed by atoms with van der Waals surface area (Å²) >= 11 is 4.03. The van der Waals surface area contributed by atoms with Crippen molar-refractivity contribution in [2.45, 2.75) is 37.8 Å². The Morgan fingerprint density at radius 3 is 2.27 bits per heavy atom. The first-order valence-electron chi connectivity index (χ1n) is 8.33. The molecule has 0 fully saturated rings. The normalized spacial score (nSPS) is 13.6. The molecule has 2 atom stereocenters. The summed E-state index contributed by atoms with van der Waals surface area (Å²) in [5.74, 6) is -2.41. The molecule has 9 nitrogen and oxygen atoms in total. The van der Waals surface area contributed by atoms with Crippen molar-refractivity contribution in [3.8, 4) is 0 Å². The number of aliphatic carboxylic acids is 1. The summed E-state index contributed by atoms with van der Waals surface area (Å²) in [4.78, 5) is 46.1. The minimum atomic E-state index is -1.19. The van der Waals surface area contributed by atoms with E-state index in [1.54, 1.807) is 0 Å². The fourth-order valence-electron chi connectivity index (χ4n) is 1.81. The predicted octanol–water partition coefficient (Wildman–Crippen LogP) is -0.808. The molecule has 4 N–H and O–H groups in total. The maximum atomic E-state index is 12.1. The van der Waals surface area contributed by atoms with Crippen molar-refractivity contribution >= 4 is 36.3 Å². The summed E-state index contributed by atoms with van der Waals surface area (Å²) in [6.45, 7) is 0.931. The van der Waals surface area contributed by atoms with Gasteiger partial charge in [-0.05, 0) is 6.42 Å². The van der Waals surface area contributed by atoms with Gasteiger partial charge in [-0.1, -0.05) is 0 Å². The molecule has 26 heavy (non-hydrogen) atoms. The highest BCUT2D eigenvalue weighted by molar-refractivity contribution is 7.80. The van der Waals surface area contributed by atoms with Crippen LogP contribution in [-0.4, -0.2) is 85.3 Å². The van der Waals surface area contributed by atoms with Crippen LogP contribution in [0.3, 0.4) is 0 Å². The summed E-state index contributed by atoms with van der Waals surface area (Å²) in [5.41, 5.74) is 5.32. The standard InChI is InChI=1S/C16H29N3O6S/c1-19(2,3)8-9-25-15(22)7-5-13(20)12(10-26)18-14(21)6-4-11(17)16(23)24/h11-12H,4-10,17H2,1-3H3,(H2-,18,21,23,24,26)/p+1. The highest BCUT2D eigenvalue weighted by Gasteiger charge is 2.21. The van der Waals surface area contributed by atoms with Crippen molar-refractivity contribution in [3.05, 3.63) is 0 Å². The molecule has 0 aliphatic heterocycles. The topological polar surface area (TPSA) is 136 Å². The number of amides is 1. The summed E-state index contributed by atoms with van der Waals surface area (Å²) in [5, 5.41) is 11.2. The number of ketones is 1. The van der Waals surface area contributed by atoms with Gasteiger partial charge in [0.1, 0.15) is 19.2 Å². The number of nitrogens with zero attached hydrogens (tertiary/aromatic N) is 1. The van der Waals surface area contributed by atoms with Gasteiger partial charge in [0.15, 0.2) is 5.78 Å². The van der Waals surface area contributed by atoms with Crippen molar-refractivity contribution in [3.63, 3.8) is 0 Å². The number of thiol groups is 1. The Bertz CT molecular complexity index is 507. The Morgan fingerprint density at radius 1 is 1.15 bits per heavy atom. The minimum absolute atomic E-state index is 0.0345. The first-order chi connectivity index (χ1) is 12.0.